The molecule has 28 valence electrons. The van der Waals surface area contributed by atoms with Crippen molar-refractivity contribution in [2.75, 3.05) is 0 Å². The van der Waals surface area contributed by atoms with E-state index in [2.05, 4.69) is 0 Å². The fourth-order valence-electron chi connectivity index (χ4n) is 0. The Morgan fingerprint density at radius 3 is 1.00 bits per heavy atom. The molecule has 0 aliphatic rings. The van der Waals surface area contributed by atoms with Crippen LogP contribution in [0.1, 0.15) is 7.43 Å². The topological polar surface area (TPSA) is 0 Å². The van der Waals surface area contributed by atoms with Gasteiger partial charge in [0.15, 0.2) is 0 Å². The van der Waals surface area contributed by atoms with E-state index in [1.165, 1.54) is 0 Å². The minimum absolute atomic E-state index is 0. The molecule has 0 fully saturated rings. The van der Waals surface area contributed by atoms with Crippen LogP contribution in [0.2, 0.25) is 0 Å². The molecule has 0 spiro atoms. The first-order valence-electron chi connectivity index (χ1n) is 0. The van der Waals surface area contributed by atoms with Crippen LogP contribution in [-0.2, 0) is 38.1 Å². The maximum atomic E-state index is 0. The summed E-state index contributed by atoms with van der Waals surface area (Å²) in [6.45, 7) is 0. The number of hydrogen-bond donors (Lipinski definition) is 0. The first-order valence-corrected chi connectivity index (χ1v) is 0. The Labute approximate surface area is 54.0 Å². The van der Waals surface area contributed by atoms with Crippen LogP contribution in [0.5, 0.6) is 0 Å². The zero-order chi connectivity index (χ0) is 0. The molecule has 0 rings (SSSR count). The molecular formula is CH7BFeMo. The van der Waals surface area contributed by atoms with Crippen molar-refractivity contribution < 1.29 is 38.1 Å². The maximum Gasteiger partial charge on any atom is 0.0814 e. The van der Waals surface area contributed by atoms with E-state index < -0.39 is 0 Å². The van der Waals surface area contributed by atoms with Crippen LogP contribution in [0.15, 0.2) is 0 Å². The van der Waals surface area contributed by atoms with Gasteiger partial charge in [0.25, 0.3) is 0 Å². The minimum Gasteiger partial charge on any atom is -0.0776 e. The summed E-state index contributed by atoms with van der Waals surface area (Å²) < 4.78 is 0. The zero-order valence-electron chi connectivity index (χ0n) is 0.762. The van der Waals surface area contributed by atoms with Crippen molar-refractivity contribution in [2.24, 2.45) is 0 Å². The average molecular weight is 182 g/mol. The fourth-order valence-corrected chi connectivity index (χ4v) is 0. The molecule has 0 saturated heterocycles. The third-order valence-corrected chi connectivity index (χ3v) is 0. The molecule has 0 aromatic heterocycles. The number of hydrogen-bond acceptors (Lipinski definition) is 0. The maximum absolute atomic E-state index is 0. The Hall–Kier alpha value is 1.27. The molecule has 0 nitrogen and oxygen atoms in total. The largest absolute Gasteiger partial charge is 0.0814 e. The van der Waals surface area contributed by atoms with Gasteiger partial charge in [-0.1, -0.05) is 7.43 Å². The van der Waals surface area contributed by atoms with E-state index in [1.54, 1.807) is 0 Å². The Morgan fingerprint density at radius 1 is 1.00 bits per heavy atom. The second-order valence-electron chi connectivity index (χ2n) is 0. The summed E-state index contributed by atoms with van der Waals surface area (Å²) in [5, 5.41) is 0. The Bertz CT molecular complexity index is 8.00. The molecule has 0 aromatic rings. The van der Waals surface area contributed by atoms with Gasteiger partial charge in [-0.25, -0.2) is 0 Å². The van der Waals surface area contributed by atoms with Crippen molar-refractivity contribution in [1.29, 1.82) is 0 Å². The molecule has 0 bridgehead atoms. The van der Waals surface area contributed by atoms with Crippen molar-refractivity contribution in [1.82, 2.24) is 0 Å². The van der Waals surface area contributed by atoms with E-state index in [4.69, 9.17) is 0 Å². The van der Waals surface area contributed by atoms with Gasteiger partial charge in [0, 0.05) is 38.1 Å². The quantitative estimate of drug-likeness (QED) is 0.440. The van der Waals surface area contributed by atoms with Gasteiger partial charge in [0.05, 0.1) is 8.41 Å². The first-order chi connectivity index (χ1) is 0. The Balaban J connectivity index is 0. The van der Waals surface area contributed by atoms with Gasteiger partial charge in [-0.15, -0.1) is 0 Å². The third kappa shape index (κ3) is 10.4. The summed E-state index contributed by atoms with van der Waals surface area (Å²) in [6, 6.07) is 0. The first kappa shape index (κ1) is 59.4. The molecule has 3 heteroatoms. The summed E-state index contributed by atoms with van der Waals surface area (Å²) >= 11 is 0. The molecule has 0 unspecified atom stereocenters. The van der Waals surface area contributed by atoms with Crippen molar-refractivity contribution in [3.8, 4) is 0 Å². The molecular weight excluding hydrogens is 175 g/mol. The second kappa shape index (κ2) is 28.3. The summed E-state index contributed by atoms with van der Waals surface area (Å²) in [4.78, 5) is 0. The van der Waals surface area contributed by atoms with Crippen LogP contribution in [0.4, 0.5) is 0 Å². The van der Waals surface area contributed by atoms with Gasteiger partial charge < -0.3 is 0 Å². The zero-order valence-corrected chi connectivity index (χ0v) is 3.87. The third-order valence-electron chi connectivity index (χ3n) is 0. The molecule has 0 aromatic carbocycles. The summed E-state index contributed by atoms with van der Waals surface area (Å²) in [5.41, 5.74) is 0. The van der Waals surface area contributed by atoms with E-state index >= 15 is 0 Å². The molecule has 0 heterocycles. The van der Waals surface area contributed by atoms with E-state index in [-0.39, 0.29) is 54.0 Å². The normalized spacial score (nSPS) is 0. The molecule has 0 N–H and O–H groups in total. The van der Waals surface area contributed by atoms with Gasteiger partial charge in [-0.2, -0.15) is 0 Å². The van der Waals surface area contributed by atoms with Gasteiger partial charge >= 0.3 is 0 Å². The molecule has 0 atom stereocenters. The SMILES string of the molecule is B.C.[Fe].[Mo]. The Kier molecular flexibility index (Phi) is 420. The number of rotatable bonds is 0. The van der Waals surface area contributed by atoms with Crippen LogP contribution in [0, 0.1) is 0 Å². The van der Waals surface area contributed by atoms with Gasteiger partial charge in [0.1, 0.15) is 0 Å². The van der Waals surface area contributed by atoms with Crippen LogP contribution < -0.4 is 0 Å². The van der Waals surface area contributed by atoms with Gasteiger partial charge in [-0.05, 0) is 0 Å². The molecule has 0 radical (unpaired) electrons. The van der Waals surface area contributed by atoms with Crippen LogP contribution in [0.25, 0.3) is 0 Å². The summed E-state index contributed by atoms with van der Waals surface area (Å²) in [5.74, 6) is 0. The average Bonchev–Trinajstić information content (AvgIpc) is 0. The van der Waals surface area contributed by atoms with Gasteiger partial charge in [0.2, 0.25) is 0 Å². The predicted molar refractivity (Wildman–Crippen MR) is 16.7 cm³/mol. The molecule has 0 aliphatic heterocycles. The monoisotopic (exact) mass is 184 g/mol. The predicted octanol–water partition coefficient (Wildman–Crippen LogP) is -0.553. The molecule has 0 amide bonds. The summed E-state index contributed by atoms with van der Waals surface area (Å²) in [6.07, 6.45) is 0. The van der Waals surface area contributed by atoms with Crippen molar-refractivity contribution in [2.45, 2.75) is 7.43 Å². The standard InChI is InChI=1S/CH4.BH3.Fe.Mo/h1H4;1H3;;. The Morgan fingerprint density at radius 2 is 1.00 bits per heavy atom. The molecule has 0 saturated carbocycles. The fraction of sp³-hybridized carbons (Fsp3) is 1.00. The van der Waals surface area contributed by atoms with Crippen molar-refractivity contribution >= 4 is 8.41 Å². The van der Waals surface area contributed by atoms with Crippen LogP contribution >= 0.6 is 0 Å². The minimum atomic E-state index is 0. The van der Waals surface area contributed by atoms with Crippen LogP contribution in [-0.4, -0.2) is 8.41 Å². The van der Waals surface area contributed by atoms with E-state index in [1.807, 2.05) is 0 Å². The van der Waals surface area contributed by atoms with E-state index in [0.717, 1.165) is 0 Å². The van der Waals surface area contributed by atoms with Crippen LogP contribution in [0.3, 0.4) is 0 Å². The molecule has 4 heavy (non-hydrogen) atoms. The van der Waals surface area contributed by atoms with Crippen molar-refractivity contribution in [3.05, 3.63) is 0 Å². The smallest absolute Gasteiger partial charge is 0.0776 e. The molecule has 0 aliphatic carbocycles. The van der Waals surface area contributed by atoms with E-state index in [0.29, 0.717) is 0 Å². The second-order valence-corrected chi connectivity index (χ2v) is 0. The van der Waals surface area contributed by atoms with Crippen molar-refractivity contribution in [3.63, 3.8) is 0 Å². The van der Waals surface area contributed by atoms with Gasteiger partial charge in [-0.3, -0.25) is 0 Å². The summed E-state index contributed by atoms with van der Waals surface area (Å²) in [7, 11) is 0. The van der Waals surface area contributed by atoms with E-state index in [9.17, 15) is 0 Å².